The molecular weight excluding hydrogens is 377 g/mol. The molecular formula is C20H18FN5OS. The Morgan fingerprint density at radius 2 is 1.96 bits per heavy atom. The molecule has 0 saturated heterocycles. The summed E-state index contributed by atoms with van der Waals surface area (Å²) < 4.78 is 14.9. The summed E-state index contributed by atoms with van der Waals surface area (Å²) >= 11 is 1.32. The summed E-state index contributed by atoms with van der Waals surface area (Å²) in [5, 5.41) is 10.2. The lowest BCUT2D eigenvalue weighted by atomic mass is 10.1. The molecule has 8 heteroatoms. The average Bonchev–Trinajstić information content (AvgIpc) is 3.28. The Morgan fingerprint density at radius 1 is 1.21 bits per heavy atom. The van der Waals surface area contributed by atoms with Crippen LogP contribution in [-0.2, 0) is 0 Å². The number of hydrogen-bond donors (Lipinski definition) is 1. The Bertz CT molecular complexity index is 1160. The zero-order chi connectivity index (χ0) is 19.8. The van der Waals surface area contributed by atoms with E-state index < -0.39 is 0 Å². The molecule has 6 nitrogen and oxygen atoms in total. The van der Waals surface area contributed by atoms with E-state index in [0.29, 0.717) is 27.4 Å². The van der Waals surface area contributed by atoms with E-state index in [1.165, 1.54) is 23.5 Å². The van der Waals surface area contributed by atoms with E-state index in [2.05, 4.69) is 20.4 Å². The van der Waals surface area contributed by atoms with Crippen LogP contribution in [-0.4, -0.2) is 25.7 Å². The van der Waals surface area contributed by atoms with E-state index in [1.807, 2.05) is 26.2 Å². The molecule has 0 radical (unpaired) electrons. The van der Waals surface area contributed by atoms with Gasteiger partial charge in [-0.3, -0.25) is 10.1 Å². The van der Waals surface area contributed by atoms with Crippen LogP contribution in [0.3, 0.4) is 0 Å². The second-order valence-electron chi connectivity index (χ2n) is 6.73. The standard InChI is InChI=1S/C20H18FN5OS/c1-11(2)26-18-16(9-22-26)15(8-12(3)23-18)19(27)25-20-24-17(10-28-20)13-4-6-14(21)7-5-13/h4-11H,1-3H3,(H,24,25,27). The number of pyridine rings is 1. The smallest absolute Gasteiger partial charge is 0.258 e. The number of aryl methyl sites for hydroxylation is 1. The maximum atomic E-state index is 13.1. The molecule has 0 fully saturated rings. The van der Waals surface area contributed by atoms with Crippen LogP contribution >= 0.6 is 11.3 Å². The van der Waals surface area contributed by atoms with Gasteiger partial charge in [-0.2, -0.15) is 5.10 Å². The van der Waals surface area contributed by atoms with Gasteiger partial charge in [0.05, 0.1) is 22.8 Å². The van der Waals surface area contributed by atoms with Gasteiger partial charge in [0.2, 0.25) is 0 Å². The first-order valence-electron chi connectivity index (χ1n) is 8.80. The number of hydrogen-bond acceptors (Lipinski definition) is 5. The van der Waals surface area contributed by atoms with Crippen LogP contribution in [0.2, 0.25) is 0 Å². The van der Waals surface area contributed by atoms with Crippen LogP contribution in [0.5, 0.6) is 0 Å². The number of thiazole rings is 1. The third kappa shape index (κ3) is 3.38. The third-order valence-electron chi connectivity index (χ3n) is 4.29. The number of fused-ring (bicyclic) bond motifs is 1. The highest BCUT2D eigenvalue weighted by Crippen LogP contribution is 2.27. The summed E-state index contributed by atoms with van der Waals surface area (Å²) in [4.78, 5) is 21.9. The molecule has 1 N–H and O–H groups in total. The zero-order valence-corrected chi connectivity index (χ0v) is 16.4. The van der Waals surface area contributed by atoms with Crippen molar-refractivity contribution >= 4 is 33.4 Å². The minimum absolute atomic E-state index is 0.139. The highest BCUT2D eigenvalue weighted by Gasteiger charge is 2.18. The predicted molar refractivity (Wildman–Crippen MR) is 108 cm³/mol. The second-order valence-corrected chi connectivity index (χ2v) is 7.59. The van der Waals surface area contributed by atoms with Crippen LogP contribution in [0.25, 0.3) is 22.3 Å². The number of rotatable bonds is 4. The summed E-state index contributed by atoms with van der Waals surface area (Å²) in [6.07, 6.45) is 1.67. The van der Waals surface area contributed by atoms with Crippen molar-refractivity contribution in [3.05, 3.63) is 59.0 Å². The highest BCUT2D eigenvalue weighted by atomic mass is 32.1. The Morgan fingerprint density at radius 3 is 2.68 bits per heavy atom. The normalized spacial score (nSPS) is 11.3. The minimum Gasteiger partial charge on any atom is -0.298 e. The maximum Gasteiger partial charge on any atom is 0.258 e. The van der Waals surface area contributed by atoms with Gasteiger partial charge in [-0.15, -0.1) is 11.3 Å². The minimum atomic E-state index is -0.300. The number of nitrogens with one attached hydrogen (secondary N) is 1. The van der Waals surface area contributed by atoms with Gasteiger partial charge in [-0.25, -0.2) is 19.0 Å². The molecule has 4 aromatic rings. The molecule has 0 atom stereocenters. The van der Waals surface area contributed by atoms with Crippen LogP contribution < -0.4 is 5.32 Å². The summed E-state index contributed by atoms with van der Waals surface area (Å²) in [5.74, 6) is -0.565. The molecule has 0 unspecified atom stereocenters. The fraction of sp³-hybridized carbons (Fsp3) is 0.200. The second kappa shape index (κ2) is 7.12. The number of aromatic nitrogens is 4. The van der Waals surface area contributed by atoms with Crippen molar-refractivity contribution in [2.75, 3.05) is 5.32 Å². The first kappa shape index (κ1) is 18.2. The van der Waals surface area contributed by atoms with Crippen molar-refractivity contribution in [2.24, 2.45) is 0 Å². The van der Waals surface area contributed by atoms with Crippen molar-refractivity contribution in [2.45, 2.75) is 26.8 Å². The lowest BCUT2D eigenvalue weighted by Gasteiger charge is -2.08. The van der Waals surface area contributed by atoms with Gasteiger partial charge in [-0.1, -0.05) is 0 Å². The van der Waals surface area contributed by atoms with E-state index in [-0.39, 0.29) is 17.8 Å². The molecule has 1 amide bonds. The number of anilines is 1. The van der Waals surface area contributed by atoms with Crippen LogP contribution in [0.15, 0.2) is 41.9 Å². The van der Waals surface area contributed by atoms with E-state index in [0.717, 1.165) is 11.3 Å². The Kier molecular flexibility index (Phi) is 4.64. The summed E-state index contributed by atoms with van der Waals surface area (Å²) in [7, 11) is 0. The molecule has 0 aliphatic carbocycles. The summed E-state index contributed by atoms with van der Waals surface area (Å²) in [5.41, 5.74) is 3.41. The van der Waals surface area contributed by atoms with Crippen LogP contribution in [0, 0.1) is 12.7 Å². The van der Waals surface area contributed by atoms with Gasteiger partial charge in [0.15, 0.2) is 10.8 Å². The molecule has 0 spiro atoms. The number of halogens is 1. The molecule has 28 heavy (non-hydrogen) atoms. The lowest BCUT2D eigenvalue weighted by Crippen LogP contribution is -2.13. The fourth-order valence-electron chi connectivity index (χ4n) is 2.96. The number of benzene rings is 1. The zero-order valence-electron chi connectivity index (χ0n) is 15.6. The molecule has 0 aliphatic rings. The van der Waals surface area contributed by atoms with Gasteiger partial charge in [0.1, 0.15) is 5.82 Å². The predicted octanol–water partition coefficient (Wildman–Crippen LogP) is 4.84. The van der Waals surface area contributed by atoms with Gasteiger partial charge in [0, 0.05) is 22.7 Å². The van der Waals surface area contributed by atoms with E-state index >= 15 is 0 Å². The number of carbonyl (C=O) groups is 1. The Balaban J connectivity index is 1.63. The van der Waals surface area contributed by atoms with Crippen molar-refractivity contribution in [3.63, 3.8) is 0 Å². The number of amides is 1. The lowest BCUT2D eigenvalue weighted by molar-refractivity contribution is 0.102. The van der Waals surface area contributed by atoms with Crippen molar-refractivity contribution < 1.29 is 9.18 Å². The van der Waals surface area contributed by atoms with Crippen LogP contribution in [0.1, 0.15) is 35.9 Å². The maximum absolute atomic E-state index is 13.1. The summed E-state index contributed by atoms with van der Waals surface area (Å²) in [6.45, 7) is 5.88. The molecule has 1 aromatic carbocycles. The Hall–Kier alpha value is -3.13. The van der Waals surface area contributed by atoms with Gasteiger partial charge in [-0.05, 0) is 51.1 Å². The molecule has 0 saturated carbocycles. The first-order valence-corrected chi connectivity index (χ1v) is 9.68. The molecule has 3 heterocycles. The van der Waals surface area contributed by atoms with Crippen LogP contribution in [0.4, 0.5) is 9.52 Å². The summed E-state index contributed by atoms with van der Waals surface area (Å²) in [6, 6.07) is 7.97. The van der Waals surface area contributed by atoms with E-state index in [9.17, 15) is 9.18 Å². The van der Waals surface area contributed by atoms with Gasteiger partial charge in [0.25, 0.3) is 5.91 Å². The van der Waals surface area contributed by atoms with Gasteiger partial charge < -0.3 is 0 Å². The van der Waals surface area contributed by atoms with E-state index in [4.69, 9.17) is 0 Å². The largest absolute Gasteiger partial charge is 0.298 e. The monoisotopic (exact) mass is 395 g/mol. The van der Waals surface area contributed by atoms with Crippen molar-refractivity contribution in [3.8, 4) is 11.3 Å². The first-order chi connectivity index (χ1) is 13.4. The molecule has 3 aromatic heterocycles. The highest BCUT2D eigenvalue weighted by molar-refractivity contribution is 7.14. The quantitative estimate of drug-likeness (QED) is 0.537. The number of nitrogens with zero attached hydrogens (tertiary/aromatic N) is 4. The van der Waals surface area contributed by atoms with Crippen molar-refractivity contribution in [1.82, 2.24) is 19.7 Å². The third-order valence-corrected chi connectivity index (χ3v) is 5.05. The molecule has 0 aliphatic heterocycles. The van der Waals surface area contributed by atoms with E-state index in [1.54, 1.807) is 29.1 Å². The topological polar surface area (TPSA) is 72.7 Å². The molecule has 142 valence electrons. The molecule has 0 bridgehead atoms. The van der Waals surface area contributed by atoms with Crippen molar-refractivity contribution in [1.29, 1.82) is 0 Å². The average molecular weight is 395 g/mol. The number of carbonyl (C=O) groups excluding carboxylic acids is 1. The fourth-order valence-corrected chi connectivity index (χ4v) is 3.67. The molecule has 4 rings (SSSR count). The van der Waals surface area contributed by atoms with Gasteiger partial charge >= 0.3 is 0 Å². The Labute approximate surface area is 165 Å². The SMILES string of the molecule is Cc1cc(C(=O)Nc2nc(-c3ccc(F)cc3)cs2)c2cnn(C(C)C)c2n1.